The van der Waals surface area contributed by atoms with Crippen LogP contribution in [0.1, 0.15) is 46.0 Å². The molecule has 0 aromatic rings. The molecule has 0 spiro atoms. The lowest BCUT2D eigenvalue weighted by molar-refractivity contribution is -0.271. The maximum atomic E-state index is 11.8. The maximum Gasteiger partial charge on any atom is 0.315 e. The molecule has 1 aliphatic carbocycles. The lowest BCUT2D eigenvalue weighted by atomic mass is 9.65. The first kappa shape index (κ1) is 12.8. The molecule has 0 amide bonds. The standard InChI is InChI=1S/C13H22O4/c1-10(2)13(16-8-9-17-13)12(11(14)15)6-4-3-5-7-12/h10H,3-9H2,1-2H3,(H,14,15). The Labute approximate surface area is 102 Å². The molecule has 4 nitrogen and oxygen atoms in total. The van der Waals surface area contributed by atoms with Gasteiger partial charge in [0.25, 0.3) is 0 Å². The van der Waals surface area contributed by atoms with Crippen LogP contribution in [0, 0.1) is 11.3 Å². The highest BCUT2D eigenvalue weighted by atomic mass is 16.7. The van der Waals surface area contributed by atoms with Crippen molar-refractivity contribution in [3.8, 4) is 0 Å². The fourth-order valence-corrected chi connectivity index (χ4v) is 3.46. The molecule has 1 aliphatic heterocycles. The lowest BCUT2D eigenvalue weighted by Crippen LogP contribution is -2.58. The van der Waals surface area contributed by atoms with E-state index in [1.54, 1.807) is 0 Å². The van der Waals surface area contributed by atoms with Crippen molar-refractivity contribution < 1.29 is 19.4 Å². The third kappa shape index (κ3) is 1.78. The molecule has 0 aromatic carbocycles. The first-order valence-corrected chi connectivity index (χ1v) is 6.56. The van der Waals surface area contributed by atoms with Gasteiger partial charge in [0.05, 0.1) is 13.2 Å². The van der Waals surface area contributed by atoms with Crippen molar-refractivity contribution in [2.75, 3.05) is 13.2 Å². The Balaban J connectivity index is 2.39. The molecule has 0 bridgehead atoms. The van der Waals surface area contributed by atoms with Gasteiger partial charge in [0.2, 0.25) is 0 Å². The molecule has 1 saturated heterocycles. The van der Waals surface area contributed by atoms with E-state index < -0.39 is 17.2 Å². The summed E-state index contributed by atoms with van der Waals surface area (Å²) in [5, 5.41) is 9.70. The summed E-state index contributed by atoms with van der Waals surface area (Å²) in [4.78, 5) is 11.8. The molecule has 0 unspecified atom stereocenters. The van der Waals surface area contributed by atoms with E-state index in [0.29, 0.717) is 26.1 Å². The van der Waals surface area contributed by atoms with Gasteiger partial charge < -0.3 is 14.6 Å². The topological polar surface area (TPSA) is 55.8 Å². The average Bonchev–Trinajstić information content (AvgIpc) is 2.80. The van der Waals surface area contributed by atoms with Gasteiger partial charge >= 0.3 is 5.97 Å². The van der Waals surface area contributed by atoms with Crippen molar-refractivity contribution in [2.24, 2.45) is 11.3 Å². The first-order valence-electron chi connectivity index (χ1n) is 6.56. The smallest absolute Gasteiger partial charge is 0.315 e. The van der Waals surface area contributed by atoms with Crippen molar-refractivity contribution >= 4 is 5.97 Å². The summed E-state index contributed by atoms with van der Waals surface area (Å²) in [6.45, 7) is 5.00. The number of carboxylic acid groups (broad SMARTS) is 1. The first-order chi connectivity index (χ1) is 8.05. The Kier molecular flexibility index (Phi) is 3.46. The van der Waals surface area contributed by atoms with E-state index in [-0.39, 0.29) is 5.92 Å². The van der Waals surface area contributed by atoms with Crippen LogP contribution in [0.2, 0.25) is 0 Å². The van der Waals surface area contributed by atoms with E-state index in [4.69, 9.17) is 9.47 Å². The van der Waals surface area contributed by atoms with Crippen molar-refractivity contribution in [2.45, 2.75) is 51.7 Å². The summed E-state index contributed by atoms with van der Waals surface area (Å²) in [6.07, 6.45) is 4.35. The van der Waals surface area contributed by atoms with E-state index in [2.05, 4.69) is 0 Å². The van der Waals surface area contributed by atoms with Crippen molar-refractivity contribution in [3.63, 3.8) is 0 Å². The SMILES string of the molecule is CC(C)C1(C2(C(=O)O)CCCCC2)OCCO1. The Morgan fingerprint density at radius 3 is 2.06 bits per heavy atom. The molecule has 98 valence electrons. The number of carbonyl (C=O) groups is 1. The molecule has 0 radical (unpaired) electrons. The molecule has 17 heavy (non-hydrogen) atoms. The number of hydrogen-bond acceptors (Lipinski definition) is 3. The molecular weight excluding hydrogens is 220 g/mol. The zero-order chi connectivity index (χ0) is 12.5. The number of carboxylic acids is 1. The monoisotopic (exact) mass is 242 g/mol. The van der Waals surface area contributed by atoms with Crippen LogP contribution in [-0.2, 0) is 14.3 Å². The normalized spacial score (nSPS) is 27.2. The van der Waals surface area contributed by atoms with Gasteiger partial charge in [-0.05, 0) is 12.8 Å². The summed E-state index contributed by atoms with van der Waals surface area (Å²) in [5.74, 6) is -1.62. The third-order valence-electron chi connectivity index (χ3n) is 4.26. The van der Waals surface area contributed by atoms with Gasteiger partial charge in [-0.2, -0.15) is 0 Å². The van der Waals surface area contributed by atoms with Crippen molar-refractivity contribution in [1.82, 2.24) is 0 Å². The van der Waals surface area contributed by atoms with Crippen LogP contribution in [0.4, 0.5) is 0 Å². The third-order valence-corrected chi connectivity index (χ3v) is 4.26. The zero-order valence-electron chi connectivity index (χ0n) is 10.7. The summed E-state index contributed by atoms with van der Waals surface area (Å²) in [7, 11) is 0. The number of aliphatic carboxylic acids is 1. The second-order valence-corrected chi connectivity index (χ2v) is 5.47. The van der Waals surface area contributed by atoms with Gasteiger partial charge in [-0.15, -0.1) is 0 Å². The summed E-state index contributed by atoms with van der Waals surface area (Å²) in [5.41, 5.74) is -0.851. The minimum absolute atomic E-state index is 0.0548. The van der Waals surface area contributed by atoms with Crippen LogP contribution in [0.5, 0.6) is 0 Å². The highest BCUT2D eigenvalue weighted by molar-refractivity contribution is 5.76. The molecule has 2 rings (SSSR count). The molecule has 0 aromatic heterocycles. The highest BCUT2D eigenvalue weighted by Gasteiger charge is 2.62. The van der Waals surface area contributed by atoms with Crippen LogP contribution in [0.3, 0.4) is 0 Å². The summed E-state index contributed by atoms with van der Waals surface area (Å²) < 4.78 is 11.6. The van der Waals surface area contributed by atoms with Crippen molar-refractivity contribution in [3.05, 3.63) is 0 Å². The van der Waals surface area contributed by atoms with Gasteiger partial charge in [0.1, 0.15) is 5.41 Å². The Bertz CT molecular complexity index is 286. The van der Waals surface area contributed by atoms with E-state index in [1.165, 1.54) is 0 Å². The van der Waals surface area contributed by atoms with Crippen LogP contribution in [0.15, 0.2) is 0 Å². The van der Waals surface area contributed by atoms with Crippen LogP contribution in [0.25, 0.3) is 0 Å². The van der Waals surface area contributed by atoms with Gasteiger partial charge in [0, 0.05) is 5.92 Å². The van der Waals surface area contributed by atoms with E-state index >= 15 is 0 Å². The van der Waals surface area contributed by atoms with Gasteiger partial charge in [-0.1, -0.05) is 33.1 Å². The van der Waals surface area contributed by atoms with Crippen LogP contribution < -0.4 is 0 Å². The summed E-state index contributed by atoms with van der Waals surface area (Å²) >= 11 is 0. The molecular formula is C13H22O4. The lowest BCUT2D eigenvalue weighted by Gasteiger charge is -2.48. The Morgan fingerprint density at radius 1 is 1.12 bits per heavy atom. The minimum Gasteiger partial charge on any atom is -0.481 e. The fourth-order valence-electron chi connectivity index (χ4n) is 3.46. The van der Waals surface area contributed by atoms with E-state index in [9.17, 15) is 9.90 Å². The van der Waals surface area contributed by atoms with Crippen LogP contribution >= 0.6 is 0 Å². The van der Waals surface area contributed by atoms with E-state index in [0.717, 1.165) is 19.3 Å². The molecule has 1 N–H and O–H groups in total. The molecule has 1 saturated carbocycles. The minimum atomic E-state index is -0.917. The van der Waals surface area contributed by atoms with Crippen molar-refractivity contribution in [1.29, 1.82) is 0 Å². The average molecular weight is 242 g/mol. The van der Waals surface area contributed by atoms with Crippen LogP contribution in [-0.4, -0.2) is 30.1 Å². The van der Waals surface area contributed by atoms with Gasteiger partial charge in [0.15, 0.2) is 5.79 Å². The largest absolute Gasteiger partial charge is 0.481 e. The number of hydrogen-bond donors (Lipinski definition) is 1. The predicted molar refractivity (Wildman–Crippen MR) is 62.6 cm³/mol. The Morgan fingerprint density at radius 2 is 1.65 bits per heavy atom. The molecule has 2 fully saturated rings. The van der Waals surface area contributed by atoms with Gasteiger partial charge in [-0.25, -0.2) is 0 Å². The molecule has 0 atom stereocenters. The zero-order valence-corrected chi connectivity index (χ0v) is 10.7. The Hall–Kier alpha value is -0.610. The highest BCUT2D eigenvalue weighted by Crippen LogP contribution is 2.52. The molecule has 4 heteroatoms. The predicted octanol–water partition coefficient (Wildman–Crippen LogP) is 2.42. The second kappa shape index (κ2) is 4.58. The number of rotatable bonds is 3. The number of ether oxygens (including phenoxy) is 2. The fraction of sp³-hybridized carbons (Fsp3) is 0.923. The quantitative estimate of drug-likeness (QED) is 0.825. The molecule has 2 aliphatic rings. The second-order valence-electron chi connectivity index (χ2n) is 5.47. The maximum absolute atomic E-state index is 11.8. The summed E-state index contributed by atoms with van der Waals surface area (Å²) in [6, 6.07) is 0. The van der Waals surface area contributed by atoms with Gasteiger partial charge in [-0.3, -0.25) is 4.79 Å². The molecule has 1 heterocycles. The van der Waals surface area contributed by atoms with E-state index in [1.807, 2.05) is 13.8 Å².